The maximum atomic E-state index is 11.1. The largest absolute Gasteiger partial charge is 0.831 e. The third-order valence-electron chi connectivity index (χ3n) is 2.01. The molecule has 0 aromatic heterocycles. The molecule has 0 saturated carbocycles. The summed E-state index contributed by atoms with van der Waals surface area (Å²) in [6.07, 6.45) is 0. The van der Waals surface area contributed by atoms with E-state index in [4.69, 9.17) is 0 Å². The first-order valence-electron chi connectivity index (χ1n) is 4.34. The van der Waals surface area contributed by atoms with Gasteiger partial charge in [0.25, 0.3) is 0 Å². The number of benzene rings is 1. The molecule has 0 amide bonds. The van der Waals surface area contributed by atoms with Crippen LogP contribution in [0.2, 0.25) is 0 Å². The standard InChI is InChI=1S/C10H12O5S.CH3/c1-6(11)8-3-9(7(2)12)5-10(4-8)16(13,14)15;/h3-5,13-15H,1-2H3;1H3/q;+1/p-3. The van der Waals surface area contributed by atoms with Gasteiger partial charge < -0.3 is 24.5 Å². The lowest BCUT2D eigenvalue weighted by atomic mass is 10.1. The molecular formula is C11H12O5S-2. The molecule has 0 aliphatic carbocycles. The Morgan fingerprint density at radius 1 is 0.941 bits per heavy atom. The summed E-state index contributed by atoms with van der Waals surface area (Å²) in [5, 5.41) is 0. The van der Waals surface area contributed by atoms with Crippen LogP contribution in [-0.2, 0) is 0 Å². The van der Waals surface area contributed by atoms with Crippen LogP contribution in [0.25, 0.3) is 0 Å². The molecular weight excluding hydrogens is 244 g/mol. The average Bonchev–Trinajstić information content (AvgIpc) is 2.15. The molecule has 0 N–H and O–H groups in total. The highest BCUT2D eigenvalue weighted by molar-refractivity contribution is 8.19. The first-order chi connectivity index (χ1) is 7.21. The highest BCUT2D eigenvalue weighted by atomic mass is 32.3. The lowest BCUT2D eigenvalue weighted by molar-refractivity contribution is 0.101. The van der Waals surface area contributed by atoms with E-state index in [1.807, 2.05) is 0 Å². The Kier molecular flexibility index (Phi) is 4.91. The van der Waals surface area contributed by atoms with Gasteiger partial charge in [-0.1, -0.05) is 0 Å². The zero-order valence-electron chi connectivity index (χ0n) is 9.68. The fourth-order valence-corrected chi connectivity index (χ4v) is 1.69. The van der Waals surface area contributed by atoms with Crippen LogP contribution in [0.3, 0.4) is 0 Å². The van der Waals surface area contributed by atoms with Gasteiger partial charge in [-0.05, 0) is 36.9 Å². The van der Waals surface area contributed by atoms with Gasteiger partial charge in [-0.15, -0.1) is 0 Å². The third kappa shape index (κ3) is 3.86. The van der Waals surface area contributed by atoms with Gasteiger partial charge in [0.05, 0.1) is 0 Å². The number of carbonyl (C=O) groups is 2. The van der Waals surface area contributed by atoms with Crippen molar-refractivity contribution >= 4 is 22.4 Å². The number of ketones is 2. The second-order valence-corrected chi connectivity index (χ2v) is 4.69. The van der Waals surface area contributed by atoms with Crippen LogP contribution < -0.4 is 0 Å². The van der Waals surface area contributed by atoms with Gasteiger partial charge in [0.1, 0.15) is 0 Å². The molecule has 1 rings (SSSR count). The Balaban J connectivity index is 0.00000256. The molecule has 0 atom stereocenters. The molecule has 0 bridgehead atoms. The van der Waals surface area contributed by atoms with Gasteiger partial charge in [0.15, 0.2) is 11.6 Å². The summed E-state index contributed by atoms with van der Waals surface area (Å²) in [7, 11) is -4.67. The van der Waals surface area contributed by atoms with E-state index in [9.17, 15) is 23.2 Å². The molecule has 94 valence electrons. The smallest absolute Gasteiger partial charge is 0.159 e. The third-order valence-corrected chi connectivity index (χ3v) is 2.82. The van der Waals surface area contributed by atoms with E-state index in [1.165, 1.54) is 19.9 Å². The van der Waals surface area contributed by atoms with Gasteiger partial charge in [-0.2, -0.15) is 0 Å². The average molecular weight is 256 g/mol. The molecule has 0 radical (unpaired) electrons. The van der Waals surface area contributed by atoms with Crippen LogP contribution in [0.4, 0.5) is 0 Å². The van der Waals surface area contributed by atoms with Crippen LogP contribution in [0, 0.1) is 7.43 Å². The second kappa shape index (κ2) is 5.33. The van der Waals surface area contributed by atoms with Crippen molar-refractivity contribution in [3.05, 3.63) is 36.8 Å². The van der Waals surface area contributed by atoms with Crippen LogP contribution >= 0.6 is 10.9 Å². The molecule has 0 spiro atoms. The summed E-state index contributed by atoms with van der Waals surface area (Å²) >= 11 is 0. The molecule has 0 aliphatic rings. The predicted molar refractivity (Wildman–Crippen MR) is 61.1 cm³/mol. The van der Waals surface area contributed by atoms with Crippen molar-refractivity contribution < 1.29 is 23.2 Å². The van der Waals surface area contributed by atoms with Gasteiger partial charge in [0.2, 0.25) is 0 Å². The number of Topliss-reactive ketones (excluding diaryl/α,β-unsaturated/α-hetero) is 2. The van der Waals surface area contributed by atoms with E-state index >= 15 is 0 Å². The van der Waals surface area contributed by atoms with Crippen molar-refractivity contribution in [3.63, 3.8) is 0 Å². The van der Waals surface area contributed by atoms with Crippen LogP contribution in [0.1, 0.15) is 34.6 Å². The topological polar surface area (TPSA) is 103 Å². The maximum Gasteiger partial charge on any atom is 0.159 e. The zero-order valence-corrected chi connectivity index (χ0v) is 10.5. The van der Waals surface area contributed by atoms with Crippen molar-refractivity contribution in [1.82, 2.24) is 0 Å². The fraction of sp³-hybridized carbons (Fsp3) is 0.182. The predicted octanol–water partition coefficient (Wildman–Crippen LogP) is 2.10. The molecule has 5 nitrogen and oxygen atoms in total. The molecule has 17 heavy (non-hydrogen) atoms. The zero-order chi connectivity index (χ0) is 12.5. The normalized spacial score (nSPS) is 11.6. The summed E-state index contributed by atoms with van der Waals surface area (Å²) < 4.78 is 32.4. The Labute approximate surface area is 102 Å². The van der Waals surface area contributed by atoms with Crippen molar-refractivity contribution in [2.75, 3.05) is 0 Å². The summed E-state index contributed by atoms with van der Waals surface area (Å²) in [4.78, 5) is 21.6. The molecule has 0 aliphatic heterocycles. The first-order valence-corrected chi connectivity index (χ1v) is 5.75. The van der Waals surface area contributed by atoms with Gasteiger partial charge >= 0.3 is 0 Å². The Morgan fingerprint density at radius 3 is 1.53 bits per heavy atom. The lowest BCUT2D eigenvalue weighted by Gasteiger charge is -2.64. The highest BCUT2D eigenvalue weighted by Gasteiger charge is 2.07. The Hall–Kier alpha value is -1.34. The minimum atomic E-state index is -4.67. The van der Waals surface area contributed by atoms with Crippen molar-refractivity contribution in [1.29, 1.82) is 0 Å². The van der Waals surface area contributed by atoms with Crippen molar-refractivity contribution in [2.45, 2.75) is 18.7 Å². The van der Waals surface area contributed by atoms with E-state index in [0.29, 0.717) is 0 Å². The minimum Gasteiger partial charge on any atom is -0.831 e. The fourth-order valence-electron chi connectivity index (χ4n) is 1.15. The minimum absolute atomic E-state index is 0. The molecule has 0 unspecified atom stereocenters. The summed E-state index contributed by atoms with van der Waals surface area (Å²) in [5.41, 5.74) is 0.0595. The Morgan fingerprint density at radius 2 is 1.29 bits per heavy atom. The first kappa shape index (κ1) is 15.7. The monoisotopic (exact) mass is 256 g/mol. The lowest BCUT2D eigenvalue weighted by Crippen LogP contribution is -2.04. The number of carbonyl (C=O) groups excluding carboxylic acids is 2. The number of hydrogen-bond acceptors (Lipinski definition) is 5. The van der Waals surface area contributed by atoms with Gasteiger partial charge in [-0.25, -0.2) is 0 Å². The van der Waals surface area contributed by atoms with Crippen molar-refractivity contribution in [3.8, 4) is 0 Å². The van der Waals surface area contributed by atoms with Crippen LogP contribution in [0.5, 0.6) is 0 Å². The highest BCUT2D eigenvalue weighted by Crippen LogP contribution is 2.43. The molecule has 6 heteroatoms. The van der Waals surface area contributed by atoms with E-state index in [-0.39, 0.29) is 18.6 Å². The van der Waals surface area contributed by atoms with Crippen LogP contribution in [0.15, 0.2) is 23.1 Å². The van der Waals surface area contributed by atoms with Crippen molar-refractivity contribution in [2.24, 2.45) is 0 Å². The molecule has 0 heterocycles. The molecule has 1 aromatic carbocycles. The van der Waals surface area contributed by atoms with E-state index in [2.05, 4.69) is 0 Å². The van der Waals surface area contributed by atoms with Gasteiger partial charge in [-0.3, -0.25) is 9.59 Å². The van der Waals surface area contributed by atoms with E-state index < -0.39 is 27.3 Å². The number of rotatable bonds is 3. The van der Waals surface area contributed by atoms with E-state index in [0.717, 1.165) is 12.1 Å². The molecule has 0 saturated heterocycles. The maximum absolute atomic E-state index is 11.1. The summed E-state index contributed by atoms with van der Waals surface area (Å²) in [5.74, 6) is -0.819. The van der Waals surface area contributed by atoms with Crippen LogP contribution in [-0.4, -0.2) is 25.2 Å². The SMILES string of the molecule is CC(=O)c1cc(C(C)=O)cc(S([O-])([O-])[O-])c1.[CH3+]. The van der Waals surface area contributed by atoms with Gasteiger partial charge in [0, 0.05) is 18.6 Å². The quantitative estimate of drug-likeness (QED) is 0.608. The summed E-state index contributed by atoms with van der Waals surface area (Å²) in [6.45, 7) is 2.45. The number of hydrogen-bond donors (Lipinski definition) is 0. The van der Waals surface area contributed by atoms with E-state index in [1.54, 1.807) is 0 Å². The second-order valence-electron chi connectivity index (χ2n) is 3.31. The molecule has 0 fully saturated rings. The molecule has 1 aromatic rings. The Bertz CT molecular complexity index is 415. The summed E-state index contributed by atoms with van der Waals surface area (Å²) in [6, 6.07) is 3.20.